The van der Waals surface area contributed by atoms with Crippen LogP contribution in [-0.2, 0) is 0 Å². The largest absolute Gasteiger partial charge is 0.493 e. The average Bonchev–Trinajstić information content (AvgIpc) is 2.46. The van der Waals surface area contributed by atoms with Crippen molar-refractivity contribution in [1.29, 1.82) is 0 Å². The molecular weight excluding hydrogens is 354 g/mol. The van der Waals surface area contributed by atoms with Crippen molar-refractivity contribution in [2.45, 2.75) is 4.90 Å². The van der Waals surface area contributed by atoms with Crippen molar-refractivity contribution < 1.29 is 14.6 Å². The summed E-state index contributed by atoms with van der Waals surface area (Å²) in [6.07, 6.45) is 0. The molecule has 3 N–H and O–H groups in total. The van der Waals surface area contributed by atoms with Crippen LogP contribution >= 0.6 is 27.7 Å². The fourth-order valence-corrected chi connectivity index (χ4v) is 3.13. The Balaban J connectivity index is 1.80. The predicted octanol–water partition coefficient (Wildman–Crippen LogP) is 3.90. The summed E-state index contributed by atoms with van der Waals surface area (Å²) in [6.45, 7) is 0.536. The molecule has 0 heterocycles. The van der Waals surface area contributed by atoms with E-state index in [1.54, 1.807) is 23.9 Å². The van der Waals surface area contributed by atoms with Crippen LogP contribution in [0.2, 0.25) is 0 Å². The Morgan fingerprint density at radius 2 is 1.95 bits per heavy atom. The van der Waals surface area contributed by atoms with Crippen LogP contribution in [0.4, 0.5) is 5.69 Å². The van der Waals surface area contributed by atoms with Gasteiger partial charge in [0.2, 0.25) is 0 Å². The number of thioether (sulfide) groups is 1. The van der Waals surface area contributed by atoms with Gasteiger partial charge >= 0.3 is 5.97 Å². The van der Waals surface area contributed by atoms with Gasteiger partial charge in [0.15, 0.2) is 0 Å². The lowest BCUT2D eigenvalue weighted by molar-refractivity contribution is 0.0697. The van der Waals surface area contributed by atoms with Gasteiger partial charge in [-0.25, -0.2) is 4.79 Å². The Bertz CT molecular complexity index is 631. The molecule has 0 saturated carbocycles. The van der Waals surface area contributed by atoms with Gasteiger partial charge in [-0.1, -0.05) is 0 Å². The van der Waals surface area contributed by atoms with E-state index in [1.165, 1.54) is 12.1 Å². The van der Waals surface area contributed by atoms with Crippen LogP contribution in [0.3, 0.4) is 0 Å². The highest BCUT2D eigenvalue weighted by Gasteiger charge is 2.03. The fraction of sp³-hybridized carbons (Fsp3) is 0.133. The van der Waals surface area contributed by atoms with Crippen molar-refractivity contribution in [3.8, 4) is 5.75 Å². The summed E-state index contributed by atoms with van der Waals surface area (Å²) in [5, 5.41) is 8.80. The maximum Gasteiger partial charge on any atom is 0.335 e. The van der Waals surface area contributed by atoms with Crippen LogP contribution in [0.15, 0.2) is 51.8 Å². The molecule has 0 fully saturated rings. The second-order valence-corrected chi connectivity index (χ2v) is 6.21. The maximum atomic E-state index is 10.7. The lowest BCUT2D eigenvalue weighted by Gasteiger charge is -2.08. The van der Waals surface area contributed by atoms with Crippen molar-refractivity contribution in [3.63, 3.8) is 0 Å². The van der Waals surface area contributed by atoms with Gasteiger partial charge in [0.1, 0.15) is 5.75 Å². The number of ether oxygens (including phenoxy) is 1. The fourth-order valence-electron chi connectivity index (χ4n) is 1.64. The molecule has 0 atom stereocenters. The molecule has 2 rings (SSSR count). The summed E-state index contributed by atoms with van der Waals surface area (Å²) in [7, 11) is 0. The number of hydrogen-bond donors (Lipinski definition) is 2. The highest BCUT2D eigenvalue weighted by atomic mass is 79.9. The molecular formula is C15H14BrNO3S. The number of carboxylic acids is 1. The van der Waals surface area contributed by atoms with Gasteiger partial charge in [-0.05, 0) is 58.4 Å². The van der Waals surface area contributed by atoms with E-state index in [0.29, 0.717) is 12.4 Å². The van der Waals surface area contributed by atoms with E-state index < -0.39 is 5.97 Å². The molecule has 4 nitrogen and oxygen atoms in total. The Morgan fingerprint density at radius 1 is 1.24 bits per heavy atom. The number of hydrogen-bond acceptors (Lipinski definition) is 4. The zero-order valence-electron chi connectivity index (χ0n) is 11.1. The Labute approximate surface area is 135 Å². The molecule has 0 amide bonds. The zero-order chi connectivity index (χ0) is 15.2. The summed E-state index contributed by atoms with van der Waals surface area (Å²) >= 11 is 5.13. The van der Waals surface area contributed by atoms with E-state index >= 15 is 0 Å². The molecule has 0 aliphatic heterocycles. The first-order chi connectivity index (χ1) is 10.1. The number of halogens is 1. The van der Waals surface area contributed by atoms with Crippen LogP contribution in [-0.4, -0.2) is 23.4 Å². The van der Waals surface area contributed by atoms with Crippen LogP contribution in [0.5, 0.6) is 5.75 Å². The van der Waals surface area contributed by atoms with Gasteiger partial charge in [-0.3, -0.25) is 0 Å². The van der Waals surface area contributed by atoms with Gasteiger partial charge in [0, 0.05) is 20.8 Å². The molecule has 0 aliphatic carbocycles. The number of aromatic carboxylic acids is 1. The minimum atomic E-state index is -0.940. The second-order valence-electron chi connectivity index (χ2n) is 4.22. The van der Waals surface area contributed by atoms with Crippen molar-refractivity contribution >= 4 is 39.3 Å². The smallest absolute Gasteiger partial charge is 0.335 e. The summed E-state index contributed by atoms with van der Waals surface area (Å²) in [6, 6.07) is 12.1. The number of benzene rings is 2. The van der Waals surface area contributed by atoms with Crippen LogP contribution < -0.4 is 10.5 Å². The maximum absolute atomic E-state index is 10.7. The normalized spacial score (nSPS) is 10.3. The third-order valence-corrected chi connectivity index (χ3v) is 4.62. The molecule has 2 aromatic rings. The predicted molar refractivity (Wildman–Crippen MR) is 88.2 cm³/mol. The van der Waals surface area contributed by atoms with E-state index in [2.05, 4.69) is 15.9 Å². The van der Waals surface area contributed by atoms with Gasteiger partial charge in [0.25, 0.3) is 0 Å². The van der Waals surface area contributed by atoms with Crippen LogP contribution in [0.1, 0.15) is 10.4 Å². The van der Waals surface area contributed by atoms with E-state index in [0.717, 1.165) is 20.8 Å². The summed E-state index contributed by atoms with van der Waals surface area (Å²) in [5.74, 6) is 0.505. The molecule has 0 aromatic heterocycles. The molecule has 110 valence electrons. The molecule has 0 saturated heterocycles. The Hall–Kier alpha value is -1.66. The van der Waals surface area contributed by atoms with Crippen molar-refractivity contribution in [2.75, 3.05) is 18.1 Å². The molecule has 0 aliphatic rings. The summed E-state index contributed by atoms with van der Waals surface area (Å²) in [5.41, 5.74) is 6.66. The standard InChI is InChI=1S/C15H14BrNO3S/c16-13-9-11(17)3-6-14(13)21-8-7-20-12-4-1-10(2-5-12)15(18)19/h1-6,9H,7-8,17H2,(H,18,19). The molecule has 6 heteroatoms. The molecule has 0 unspecified atom stereocenters. The summed E-state index contributed by atoms with van der Waals surface area (Å²) < 4.78 is 6.54. The van der Waals surface area contributed by atoms with Gasteiger partial charge < -0.3 is 15.6 Å². The first-order valence-electron chi connectivity index (χ1n) is 6.20. The Morgan fingerprint density at radius 3 is 2.57 bits per heavy atom. The van der Waals surface area contributed by atoms with E-state index in [1.807, 2.05) is 18.2 Å². The number of nitrogen functional groups attached to an aromatic ring is 1. The quantitative estimate of drug-likeness (QED) is 0.460. The summed E-state index contributed by atoms with van der Waals surface area (Å²) in [4.78, 5) is 11.8. The lowest BCUT2D eigenvalue weighted by atomic mass is 10.2. The highest BCUT2D eigenvalue weighted by Crippen LogP contribution is 2.29. The molecule has 0 bridgehead atoms. The van der Waals surface area contributed by atoms with E-state index in [-0.39, 0.29) is 5.56 Å². The van der Waals surface area contributed by atoms with Crippen molar-refractivity contribution in [2.24, 2.45) is 0 Å². The minimum Gasteiger partial charge on any atom is -0.493 e. The molecule has 0 radical (unpaired) electrons. The van der Waals surface area contributed by atoms with Gasteiger partial charge in [-0.2, -0.15) is 0 Å². The third-order valence-electron chi connectivity index (χ3n) is 2.67. The zero-order valence-corrected chi connectivity index (χ0v) is 13.5. The van der Waals surface area contributed by atoms with E-state index in [9.17, 15) is 4.79 Å². The molecule has 0 spiro atoms. The third kappa shape index (κ3) is 4.68. The second kappa shape index (κ2) is 7.38. The molecule has 21 heavy (non-hydrogen) atoms. The number of carboxylic acid groups (broad SMARTS) is 1. The van der Waals surface area contributed by atoms with Gasteiger partial charge in [0.05, 0.1) is 12.2 Å². The molecule has 2 aromatic carbocycles. The monoisotopic (exact) mass is 367 g/mol. The number of rotatable bonds is 6. The van der Waals surface area contributed by atoms with Crippen molar-refractivity contribution in [1.82, 2.24) is 0 Å². The number of anilines is 1. The van der Waals surface area contributed by atoms with Crippen LogP contribution in [0, 0.1) is 0 Å². The first-order valence-corrected chi connectivity index (χ1v) is 7.98. The minimum absolute atomic E-state index is 0.252. The highest BCUT2D eigenvalue weighted by molar-refractivity contribution is 9.10. The first kappa shape index (κ1) is 15.7. The number of nitrogens with two attached hydrogens (primary N) is 1. The van der Waals surface area contributed by atoms with Gasteiger partial charge in [-0.15, -0.1) is 11.8 Å². The van der Waals surface area contributed by atoms with Crippen LogP contribution in [0.25, 0.3) is 0 Å². The topological polar surface area (TPSA) is 72.5 Å². The SMILES string of the molecule is Nc1ccc(SCCOc2ccc(C(=O)O)cc2)c(Br)c1. The van der Waals surface area contributed by atoms with Crippen molar-refractivity contribution in [3.05, 3.63) is 52.5 Å². The Kier molecular flexibility index (Phi) is 5.52. The van der Waals surface area contributed by atoms with E-state index in [4.69, 9.17) is 15.6 Å². The average molecular weight is 368 g/mol. The lowest BCUT2D eigenvalue weighted by Crippen LogP contribution is -2.01. The number of carbonyl (C=O) groups is 1.